The number of ether oxygens (including phenoxy) is 1. The van der Waals surface area contributed by atoms with E-state index in [1.54, 1.807) is 42.5 Å². The molecule has 0 aliphatic carbocycles. The summed E-state index contributed by atoms with van der Waals surface area (Å²) in [7, 11) is -2.22. The fourth-order valence-corrected chi connectivity index (χ4v) is 3.88. The number of amides is 1. The van der Waals surface area contributed by atoms with Gasteiger partial charge in [0.25, 0.3) is 0 Å². The first-order chi connectivity index (χ1) is 12.0. The Bertz CT molecular complexity index is 807. The first kappa shape index (κ1) is 19.0. The van der Waals surface area contributed by atoms with Gasteiger partial charge in [0.2, 0.25) is 15.9 Å². The van der Waals surface area contributed by atoms with Crippen molar-refractivity contribution < 1.29 is 17.9 Å². The third-order valence-corrected chi connectivity index (χ3v) is 5.41. The van der Waals surface area contributed by atoms with Crippen LogP contribution in [0.1, 0.15) is 13.3 Å². The quantitative estimate of drug-likeness (QED) is 0.783. The molecule has 1 amide bonds. The van der Waals surface area contributed by atoms with Gasteiger partial charge in [0.15, 0.2) is 0 Å². The van der Waals surface area contributed by atoms with Crippen LogP contribution in [0.2, 0.25) is 0 Å². The molecule has 0 spiro atoms. The van der Waals surface area contributed by atoms with Crippen LogP contribution >= 0.6 is 0 Å². The second-order valence-electron chi connectivity index (χ2n) is 5.40. The summed E-state index contributed by atoms with van der Waals surface area (Å²) in [4.78, 5) is 12.5. The Morgan fingerprint density at radius 3 is 2.36 bits per heavy atom. The molecule has 0 fully saturated rings. The lowest BCUT2D eigenvalue weighted by molar-refractivity contribution is -0.116. The van der Waals surface area contributed by atoms with E-state index < -0.39 is 15.9 Å². The summed E-state index contributed by atoms with van der Waals surface area (Å²) in [6, 6.07) is 15.1. The number of para-hydroxylation sites is 2. The summed E-state index contributed by atoms with van der Waals surface area (Å²) in [6.07, 6.45) is 0.605. The van der Waals surface area contributed by atoms with Gasteiger partial charge in [-0.3, -0.25) is 4.79 Å². The highest BCUT2D eigenvalue weighted by Gasteiger charge is 2.26. The molecular formula is C18H22N2O4S. The van der Waals surface area contributed by atoms with E-state index in [0.29, 0.717) is 17.9 Å². The molecule has 0 saturated heterocycles. The van der Waals surface area contributed by atoms with Gasteiger partial charge in [-0.1, -0.05) is 37.3 Å². The van der Waals surface area contributed by atoms with Gasteiger partial charge in [0.05, 0.1) is 24.2 Å². The molecule has 0 aromatic heterocycles. The number of nitrogens with zero attached hydrogens (tertiary/aromatic N) is 1. The fraction of sp³-hybridized carbons (Fsp3) is 0.278. The summed E-state index contributed by atoms with van der Waals surface area (Å²) in [5, 5.41) is 2.70. The fourth-order valence-electron chi connectivity index (χ4n) is 2.37. The van der Waals surface area contributed by atoms with E-state index in [0.717, 1.165) is 0 Å². The Morgan fingerprint density at radius 2 is 1.72 bits per heavy atom. The Kier molecular flexibility index (Phi) is 6.55. The first-order valence-corrected chi connectivity index (χ1v) is 9.41. The van der Waals surface area contributed by atoms with Crippen LogP contribution in [-0.4, -0.2) is 38.8 Å². The minimum absolute atomic E-state index is 0.175. The Balaban J connectivity index is 2.17. The lowest BCUT2D eigenvalue weighted by Crippen LogP contribution is -2.38. The normalized spacial score (nSPS) is 11.3. The molecular weight excluding hydrogens is 340 g/mol. The van der Waals surface area contributed by atoms with Gasteiger partial charge in [-0.25, -0.2) is 8.42 Å². The zero-order valence-corrected chi connectivity index (χ0v) is 15.1. The average molecular weight is 362 g/mol. The highest BCUT2D eigenvalue weighted by molar-refractivity contribution is 7.89. The van der Waals surface area contributed by atoms with Gasteiger partial charge in [-0.2, -0.15) is 4.31 Å². The van der Waals surface area contributed by atoms with E-state index in [1.807, 2.05) is 6.92 Å². The second-order valence-corrected chi connectivity index (χ2v) is 7.34. The van der Waals surface area contributed by atoms with Gasteiger partial charge in [0.1, 0.15) is 5.75 Å². The van der Waals surface area contributed by atoms with E-state index in [2.05, 4.69) is 5.32 Å². The lowest BCUT2D eigenvalue weighted by atomic mass is 10.3. The molecule has 0 aliphatic heterocycles. The number of rotatable bonds is 8. The number of sulfonamides is 1. The van der Waals surface area contributed by atoms with Gasteiger partial charge >= 0.3 is 0 Å². The van der Waals surface area contributed by atoms with Crippen LogP contribution in [0.15, 0.2) is 59.5 Å². The summed E-state index contributed by atoms with van der Waals surface area (Å²) in [6.45, 7) is 1.87. The van der Waals surface area contributed by atoms with Gasteiger partial charge in [-0.05, 0) is 30.7 Å². The standard InChI is InChI=1S/C18H22N2O4S/c1-3-13-20(25(22,23)15-9-5-4-6-10-15)14-18(21)19-16-11-7-8-12-17(16)24-2/h4-12H,3,13-14H2,1-2H3,(H,19,21). The largest absolute Gasteiger partial charge is 0.495 e. The molecule has 2 rings (SSSR count). The maximum atomic E-state index is 12.8. The third-order valence-electron chi connectivity index (χ3n) is 3.56. The van der Waals surface area contributed by atoms with Crippen molar-refractivity contribution in [3.63, 3.8) is 0 Å². The zero-order chi connectivity index (χ0) is 18.3. The SMILES string of the molecule is CCCN(CC(=O)Nc1ccccc1OC)S(=O)(=O)c1ccccc1. The number of carbonyl (C=O) groups excluding carboxylic acids is 1. The lowest BCUT2D eigenvalue weighted by Gasteiger charge is -2.21. The van der Waals surface area contributed by atoms with Crippen LogP contribution in [0, 0.1) is 0 Å². The summed E-state index contributed by atoms with van der Waals surface area (Å²) >= 11 is 0. The third kappa shape index (κ3) is 4.80. The molecule has 134 valence electrons. The van der Waals surface area contributed by atoms with Crippen molar-refractivity contribution in [2.45, 2.75) is 18.2 Å². The molecule has 0 atom stereocenters. The number of hydrogen-bond acceptors (Lipinski definition) is 4. The summed E-state index contributed by atoms with van der Waals surface area (Å²) in [5.41, 5.74) is 0.503. The van der Waals surface area contributed by atoms with Crippen LogP contribution in [0.4, 0.5) is 5.69 Å². The summed E-state index contributed by atoms with van der Waals surface area (Å²) in [5.74, 6) is 0.0984. The maximum Gasteiger partial charge on any atom is 0.243 e. The van der Waals surface area contributed by atoms with Crippen molar-refractivity contribution in [2.24, 2.45) is 0 Å². The predicted octanol–water partition coefficient (Wildman–Crippen LogP) is 2.73. The minimum Gasteiger partial charge on any atom is -0.495 e. The highest BCUT2D eigenvalue weighted by Crippen LogP contribution is 2.23. The molecule has 2 aromatic carbocycles. The number of carbonyl (C=O) groups is 1. The smallest absolute Gasteiger partial charge is 0.243 e. The van der Waals surface area contributed by atoms with Crippen molar-refractivity contribution >= 4 is 21.6 Å². The van der Waals surface area contributed by atoms with Crippen molar-refractivity contribution in [3.8, 4) is 5.75 Å². The second kappa shape index (κ2) is 8.64. The van der Waals surface area contributed by atoms with E-state index in [4.69, 9.17) is 4.74 Å². The minimum atomic E-state index is -3.73. The molecule has 0 radical (unpaired) electrons. The monoisotopic (exact) mass is 362 g/mol. The number of methoxy groups -OCH3 is 1. The maximum absolute atomic E-state index is 12.8. The number of benzene rings is 2. The summed E-state index contributed by atoms with van der Waals surface area (Å²) < 4.78 is 31.9. The van der Waals surface area contributed by atoms with E-state index in [1.165, 1.54) is 23.5 Å². The van der Waals surface area contributed by atoms with E-state index >= 15 is 0 Å². The highest BCUT2D eigenvalue weighted by atomic mass is 32.2. The van der Waals surface area contributed by atoms with Crippen LogP contribution in [-0.2, 0) is 14.8 Å². The van der Waals surface area contributed by atoms with Gasteiger partial charge in [-0.15, -0.1) is 0 Å². The number of anilines is 1. The first-order valence-electron chi connectivity index (χ1n) is 7.97. The molecule has 0 aliphatic rings. The van der Waals surface area contributed by atoms with Crippen molar-refractivity contribution in [1.82, 2.24) is 4.31 Å². The average Bonchev–Trinajstić information content (AvgIpc) is 2.62. The van der Waals surface area contributed by atoms with Crippen molar-refractivity contribution in [3.05, 3.63) is 54.6 Å². The predicted molar refractivity (Wildman–Crippen MR) is 97.1 cm³/mol. The molecule has 2 aromatic rings. The topological polar surface area (TPSA) is 75.7 Å². The van der Waals surface area contributed by atoms with E-state index in [9.17, 15) is 13.2 Å². The zero-order valence-electron chi connectivity index (χ0n) is 14.3. The van der Waals surface area contributed by atoms with E-state index in [-0.39, 0.29) is 18.0 Å². The molecule has 7 heteroatoms. The van der Waals surface area contributed by atoms with Crippen LogP contribution in [0.5, 0.6) is 5.75 Å². The molecule has 1 N–H and O–H groups in total. The van der Waals surface area contributed by atoms with Gasteiger partial charge < -0.3 is 10.1 Å². The number of hydrogen-bond donors (Lipinski definition) is 1. The van der Waals surface area contributed by atoms with Crippen molar-refractivity contribution in [2.75, 3.05) is 25.5 Å². The van der Waals surface area contributed by atoms with Crippen LogP contribution in [0.25, 0.3) is 0 Å². The molecule has 25 heavy (non-hydrogen) atoms. The Hall–Kier alpha value is -2.38. The molecule has 0 saturated carbocycles. The van der Waals surface area contributed by atoms with Crippen LogP contribution < -0.4 is 10.1 Å². The van der Waals surface area contributed by atoms with Crippen LogP contribution in [0.3, 0.4) is 0 Å². The Labute approximate surface area is 148 Å². The number of nitrogens with one attached hydrogen (secondary N) is 1. The molecule has 6 nitrogen and oxygen atoms in total. The molecule has 0 heterocycles. The molecule has 0 unspecified atom stereocenters. The Morgan fingerprint density at radius 1 is 1.08 bits per heavy atom. The van der Waals surface area contributed by atoms with Gasteiger partial charge in [0, 0.05) is 6.54 Å². The molecule has 0 bridgehead atoms. The van der Waals surface area contributed by atoms with Crippen molar-refractivity contribution in [1.29, 1.82) is 0 Å².